The molecule has 0 radical (unpaired) electrons. The Morgan fingerprint density at radius 1 is 0.826 bits per heavy atom. The molecule has 2 aliphatic rings. The van der Waals surface area contributed by atoms with Crippen molar-refractivity contribution in [3.8, 4) is 11.4 Å². The second kappa shape index (κ2) is 10.8. The SMILES string of the molecule is CCC1(CO)C(=O)OCc2c1cc1n(c2=O)Cc2cc3cccc([Si](c4ccccc4)(c4ccccc4)c4ccccc4)c3nc2-1. The average Bonchev–Trinajstić information content (AvgIpc) is 3.47. The largest absolute Gasteiger partial charge is 0.460 e. The van der Waals surface area contributed by atoms with Crippen LogP contribution in [0, 0.1) is 0 Å². The van der Waals surface area contributed by atoms with Crippen molar-refractivity contribution in [1.29, 1.82) is 0 Å². The van der Waals surface area contributed by atoms with Crippen molar-refractivity contribution in [2.24, 2.45) is 0 Å². The highest BCUT2D eigenvalue weighted by molar-refractivity contribution is 7.20. The molecule has 0 saturated carbocycles. The van der Waals surface area contributed by atoms with E-state index in [4.69, 9.17) is 9.72 Å². The fraction of sp³-hybridized carbons (Fsp3) is 0.154. The summed E-state index contributed by atoms with van der Waals surface area (Å²) in [7, 11) is -2.89. The van der Waals surface area contributed by atoms with Crippen molar-refractivity contribution in [3.05, 3.63) is 148 Å². The zero-order valence-corrected chi connectivity index (χ0v) is 26.4. The molecule has 4 heterocycles. The summed E-state index contributed by atoms with van der Waals surface area (Å²) in [5.74, 6) is -0.495. The highest BCUT2D eigenvalue weighted by atomic mass is 28.3. The number of para-hydroxylation sites is 1. The number of fused-ring (bicyclic) bond motifs is 5. The Morgan fingerprint density at radius 3 is 2.00 bits per heavy atom. The standard InChI is InChI=1S/C39H32N2O4Si/c1-2-39(25-42)32-22-33-35-27(23-41(33)37(43)31(32)24-45-38(39)44)21-26-13-12-20-34(36(26)40-35)46(28-14-6-3-7-15-28,29-16-8-4-9-17-29)30-18-10-5-11-19-30/h3-22,42H,2,23-25H2,1H3. The van der Waals surface area contributed by atoms with E-state index in [1.54, 1.807) is 4.57 Å². The molecule has 0 spiro atoms. The molecule has 8 rings (SSSR count). The average molecular weight is 621 g/mol. The molecule has 0 saturated heterocycles. The third-order valence-corrected chi connectivity index (χ3v) is 14.9. The zero-order valence-electron chi connectivity index (χ0n) is 25.4. The highest BCUT2D eigenvalue weighted by Crippen LogP contribution is 2.39. The van der Waals surface area contributed by atoms with Crippen LogP contribution in [-0.2, 0) is 28.1 Å². The third kappa shape index (κ3) is 3.88. The summed E-state index contributed by atoms with van der Waals surface area (Å²) in [6.07, 6.45) is 0.319. The van der Waals surface area contributed by atoms with Crippen LogP contribution in [0.1, 0.15) is 30.0 Å². The van der Waals surface area contributed by atoms with Gasteiger partial charge in [-0.15, -0.1) is 0 Å². The number of rotatable bonds is 6. The molecule has 0 bridgehead atoms. The van der Waals surface area contributed by atoms with Gasteiger partial charge in [0.2, 0.25) is 0 Å². The lowest BCUT2D eigenvalue weighted by molar-refractivity contribution is -0.156. The molecule has 1 unspecified atom stereocenters. The van der Waals surface area contributed by atoms with Crippen molar-refractivity contribution in [2.75, 3.05) is 6.61 Å². The Balaban J connectivity index is 1.45. The fourth-order valence-corrected chi connectivity index (χ4v) is 12.6. The second-order valence-electron chi connectivity index (χ2n) is 12.2. The van der Waals surface area contributed by atoms with Crippen molar-refractivity contribution in [1.82, 2.24) is 9.55 Å². The Morgan fingerprint density at radius 2 is 1.43 bits per heavy atom. The Kier molecular flexibility index (Phi) is 6.63. The number of aromatic nitrogens is 2. The predicted molar refractivity (Wildman–Crippen MR) is 183 cm³/mol. The van der Waals surface area contributed by atoms with Gasteiger partial charge in [-0.3, -0.25) is 9.59 Å². The number of carbonyl (C=O) groups is 1. The summed E-state index contributed by atoms with van der Waals surface area (Å²) >= 11 is 0. The van der Waals surface area contributed by atoms with Crippen molar-refractivity contribution < 1.29 is 14.6 Å². The maximum Gasteiger partial charge on any atom is 0.319 e. The lowest BCUT2D eigenvalue weighted by atomic mass is 9.75. The van der Waals surface area contributed by atoms with Crippen LogP contribution in [0.4, 0.5) is 0 Å². The van der Waals surface area contributed by atoms with Gasteiger partial charge >= 0.3 is 5.97 Å². The fourth-order valence-electron chi connectivity index (χ4n) is 7.68. The summed E-state index contributed by atoms with van der Waals surface area (Å²) < 4.78 is 7.18. The van der Waals surface area contributed by atoms with Crippen molar-refractivity contribution in [2.45, 2.75) is 31.9 Å². The molecule has 6 aromatic rings. The molecule has 226 valence electrons. The monoisotopic (exact) mass is 620 g/mol. The van der Waals surface area contributed by atoms with Gasteiger partial charge in [-0.2, -0.15) is 0 Å². The van der Waals surface area contributed by atoms with Gasteiger partial charge in [0.15, 0.2) is 8.07 Å². The molecular formula is C39H32N2O4Si. The molecule has 1 atom stereocenters. The van der Waals surface area contributed by atoms with Gasteiger partial charge in [0.05, 0.1) is 35.6 Å². The van der Waals surface area contributed by atoms with Gasteiger partial charge in [0.25, 0.3) is 5.56 Å². The number of esters is 1. The maximum absolute atomic E-state index is 13.9. The van der Waals surface area contributed by atoms with Gasteiger partial charge in [-0.25, -0.2) is 4.98 Å². The number of cyclic esters (lactones) is 1. The molecule has 0 fully saturated rings. The van der Waals surface area contributed by atoms with Gasteiger partial charge < -0.3 is 14.4 Å². The number of hydrogen-bond donors (Lipinski definition) is 1. The number of ether oxygens (including phenoxy) is 1. The molecule has 46 heavy (non-hydrogen) atoms. The van der Waals surface area contributed by atoms with Crippen LogP contribution < -0.4 is 26.3 Å². The minimum absolute atomic E-state index is 0.0930. The summed E-state index contributed by atoms with van der Waals surface area (Å²) in [6.45, 7) is 1.70. The number of carbonyl (C=O) groups excluding carboxylic acids is 1. The highest BCUT2D eigenvalue weighted by Gasteiger charge is 2.47. The van der Waals surface area contributed by atoms with E-state index in [2.05, 4.69) is 115 Å². The number of benzene rings is 4. The van der Waals surface area contributed by atoms with E-state index in [0.717, 1.165) is 27.3 Å². The smallest absolute Gasteiger partial charge is 0.319 e. The number of aliphatic hydroxyl groups excluding tert-OH is 1. The molecule has 0 aliphatic carbocycles. The normalized spacial score (nSPS) is 16.9. The first-order valence-corrected chi connectivity index (χ1v) is 17.7. The molecule has 7 heteroatoms. The zero-order chi connectivity index (χ0) is 31.5. The predicted octanol–water partition coefficient (Wildman–Crippen LogP) is 3.50. The molecule has 4 aromatic carbocycles. The first-order chi connectivity index (χ1) is 22.5. The lowest BCUT2D eigenvalue weighted by Gasteiger charge is -2.35. The van der Waals surface area contributed by atoms with Gasteiger partial charge in [-0.05, 0) is 44.9 Å². The lowest BCUT2D eigenvalue weighted by Crippen LogP contribution is -2.75. The third-order valence-electron chi connectivity index (χ3n) is 10.0. The van der Waals surface area contributed by atoms with Gasteiger partial charge in [0.1, 0.15) is 12.0 Å². The molecule has 2 aromatic heterocycles. The van der Waals surface area contributed by atoms with Crippen LogP contribution in [0.15, 0.2) is 126 Å². The van der Waals surface area contributed by atoms with E-state index in [1.165, 1.54) is 15.6 Å². The van der Waals surface area contributed by atoms with Gasteiger partial charge in [-0.1, -0.05) is 116 Å². The van der Waals surface area contributed by atoms with Crippen LogP contribution in [0.5, 0.6) is 0 Å². The van der Waals surface area contributed by atoms with E-state index in [1.807, 2.05) is 13.0 Å². The second-order valence-corrected chi connectivity index (χ2v) is 16.0. The summed E-state index contributed by atoms with van der Waals surface area (Å²) in [4.78, 5) is 32.4. The first-order valence-electron chi connectivity index (χ1n) is 15.7. The van der Waals surface area contributed by atoms with Crippen LogP contribution >= 0.6 is 0 Å². The van der Waals surface area contributed by atoms with Crippen LogP contribution in [0.25, 0.3) is 22.3 Å². The minimum Gasteiger partial charge on any atom is -0.460 e. The summed E-state index contributed by atoms with van der Waals surface area (Å²) in [5.41, 5.74) is 2.76. The van der Waals surface area contributed by atoms with Crippen LogP contribution in [0.2, 0.25) is 0 Å². The number of aliphatic hydroxyl groups is 1. The number of nitrogens with zero attached hydrogens (tertiary/aromatic N) is 2. The van der Waals surface area contributed by atoms with Crippen molar-refractivity contribution >= 4 is 45.7 Å². The maximum atomic E-state index is 13.9. The molecule has 6 nitrogen and oxygen atoms in total. The number of hydrogen-bond acceptors (Lipinski definition) is 5. The number of pyridine rings is 2. The molecule has 1 N–H and O–H groups in total. The van der Waals surface area contributed by atoms with Gasteiger partial charge in [0, 0.05) is 10.9 Å². The quantitative estimate of drug-likeness (QED) is 0.175. The molecule has 2 aliphatic heterocycles. The van der Waals surface area contributed by atoms with Crippen LogP contribution in [0.3, 0.4) is 0 Å². The summed E-state index contributed by atoms with van der Waals surface area (Å²) in [6, 6.07) is 42.7. The van der Waals surface area contributed by atoms with E-state index in [0.29, 0.717) is 29.8 Å². The van der Waals surface area contributed by atoms with E-state index >= 15 is 0 Å². The van der Waals surface area contributed by atoms with Crippen molar-refractivity contribution in [3.63, 3.8) is 0 Å². The van der Waals surface area contributed by atoms with E-state index < -0.39 is 26.1 Å². The molecular weight excluding hydrogens is 589 g/mol. The Bertz CT molecular complexity index is 2100. The minimum atomic E-state index is -2.89. The Hall–Kier alpha value is -5.11. The molecule has 0 amide bonds. The summed E-state index contributed by atoms with van der Waals surface area (Å²) in [5, 5.41) is 16.4. The first kappa shape index (κ1) is 28.4. The topological polar surface area (TPSA) is 81.4 Å². The van der Waals surface area contributed by atoms with E-state index in [9.17, 15) is 14.7 Å². The van der Waals surface area contributed by atoms with E-state index in [-0.39, 0.29) is 12.2 Å². The Labute approximate surface area is 267 Å². The van der Waals surface area contributed by atoms with Crippen LogP contribution in [-0.4, -0.2) is 35.3 Å².